The van der Waals surface area contributed by atoms with E-state index in [-0.39, 0.29) is 24.2 Å². The largest absolute Gasteiger partial charge is 0.334 e. The number of benzene rings is 1. The predicted octanol–water partition coefficient (Wildman–Crippen LogP) is 1.58. The summed E-state index contributed by atoms with van der Waals surface area (Å²) in [5.74, 6) is 1.34. The van der Waals surface area contributed by atoms with Crippen molar-refractivity contribution in [2.45, 2.75) is 19.4 Å². The van der Waals surface area contributed by atoms with Crippen LogP contribution in [0.15, 0.2) is 22.7 Å². The van der Waals surface area contributed by atoms with Crippen molar-refractivity contribution in [3.63, 3.8) is 0 Å². The highest BCUT2D eigenvalue weighted by Gasteiger charge is 2.29. The first kappa shape index (κ1) is 20.1. The molecule has 10 heteroatoms. The zero-order chi connectivity index (χ0) is 18.3. The molecule has 0 aliphatic carbocycles. The highest BCUT2D eigenvalue weighted by molar-refractivity contribution is 7.93. The van der Waals surface area contributed by atoms with Crippen molar-refractivity contribution in [1.29, 1.82) is 0 Å². The van der Waals surface area contributed by atoms with Crippen LogP contribution in [0.2, 0.25) is 0 Å². The van der Waals surface area contributed by atoms with Gasteiger partial charge in [0.2, 0.25) is 10.0 Å². The zero-order valence-corrected chi connectivity index (χ0v) is 17.0. The van der Waals surface area contributed by atoms with Crippen LogP contribution >= 0.6 is 12.4 Å². The first-order valence-corrected chi connectivity index (χ1v) is 10.4. The molecule has 27 heavy (non-hydrogen) atoms. The molecule has 2 saturated heterocycles. The summed E-state index contributed by atoms with van der Waals surface area (Å²) in [7, 11) is -1.13. The van der Waals surface area contributed by atoms with Gasteiger partial charge in [0.1, 0.15) is 0 Å². The van der Waals surface area contributed by atoms with Crippen molar-refractivity contribution in [2.75, 3.05) is 43.3 Å². The topological polar surface area (TPSA) is 91.6 Å². The number of rotatable bonds is 3. The van der Waals surface area contributed by atoms with Crippen LogP contribution in [0.4, 0.5) is 5.69 Å². The first-order valence-electron chi connectivity index (χ1n) is 8.82. The Labute approximate surface area is 165 Å². The van der Waals surface area contributed by atoms with Crippen molar-refractivity contribution in [3.8, 4) is 11.5 Å². The maximum atomic E-state index is 12.1. The smallest absolute Gasteiger partial charge is 0.258 e. The molecule has 2 aliphatic heterocycles. The molecule has 3 heterocycles. The molecule has 0 bridgehead atoms. The molecule has 0 radical (unpaired) electrons. The number of nitrogens with zero attached hydrogens (tertiary/aromatic N) is 4. The summed E-state index contributed by atoms with van der Waals surface area (Å²) >= 11 is 0. The van der Waals surface area contributed by atoms with Crippen LogP contribution in [0.3, 0.4) is 0 Å². The maximum absolute atomic E-state index is 12.1. The molecule has 0 amide bonds. The van der Waals surface area contributed by atoms with Gasteiger partial charge in [-0.05, 0) is 44.2 Å². The number of hydrogen-bond donors (Lipinski definition) is 1. The van der Waals surface area contributed by atoms with Gasteiger partial charge < -0.3 is 9.84 Å². The second kappa shape index (κ2) is 7.75. The molecule has 8 nitrogen and oxygen atoms in total. The van der Waals surface area contributed by atoms with Crippen LogP contribution in [-0.4, -0.2) is 62.4 Å². The Kier molecular flexibility index (Phi) is 5.76. The molecule has 148 valence electrons. The van der Waals surface area contributed by atoms with E-state index in [0.29, 0.717) is 30.4 Å². The van der Waals surface area contributed by atoms with Crippen LogP contribution in [0.1, 0.15) is 23.9 Å². The Morgan fingerprint density at radius 1 is 1.30 bits per heavy atom. The van der Waals surface area contributed by atoms with Crippen LogP contribution in [-0.2, 0) is 10.0 Å². The van der Waals surface area contributed by atoms with E-state index in [0.717, 1.165) is 30.8 Å². The minimum absolute atomic E-state index is 0. The number of aromatic nitrogens is 2. The van der Waals surface area contributed by atoms with Crippen LogP contribution in [0.5, 0.6) is 0 Å². The second-order valence-corrected chi connectivity index (χ2v) is 8.91. The molecule has 4 rings (SSSR count). The highest BCUT2D eigenvalue weighted by Crippen LogP contribution is 2.30. The summed E-state index contributed by atoms with van der Waals surface area (Å²) in [5, 5.41) is 7.50. The predicted molar refractivity (Wildman–Crippen MR) is 106 cm³/mol. The van der Waals surface area contributed by atoms with E-state index in [4.69, 9.17) is 4.52 Å². The van der Waals surface area contributed by atoms with E-state index in [1.54, 1.807) is 0 Å². The number of halogens is 1. The van der Waals surface area contributed by atoms with Gasteiger partial charge in [-0.1, -0.05) is 5.16 Å². The van der Waals surface area contributed by atoms with Gasteiger partial charge in [0.05, 0.1) is 17.5 Å². The van der Waals surface area contributed by atoms with Gasteiger partial charge in [-0.25, -0.2) is 8.42 Å². The lowest BCUT2D eigenvalue weighted by Crippen LogP contribution is -2.44. The summed E-state index contributed by atoms with van der Waals surface area (Å²) in [6.45, 7) is 5.15. The minimum atomic E-state index is -3.18. The van der Waals surface area contributed by atoms with Crippen molar-refractivity contribution in [3.05, 3.63) is 29.6 Å². The summed E-state index contributed by atoms with van der Waals surface area (Å²) in [6, 6.07) is 5.63. The van der Waals surface area contributed by atoms with Crippen LogP contribution in [0.25, 0.3) is 11.5 Å². The van der Waals surface area contributed by atoms with Crippen molar-refractivity contribution in [2.24, 2.45) is 0 Å². The minimum Gasteiger partial charge on any atom is -0.334 e. The van der Waals surface area contributed by atoms with Crippen molar-refractivity contribution in [1.82, 2.24) is 20.4 Å². The van der Waals surface area contributed by atoms with Gasteiger partial charge >= 0.3 is 0 Å². The number of anilines is 1. The molecule has 1 unspecified atom stereocenters. The third-order valence-corrected chi connectivity index (χ3v) is 6.95. The first-order chi connectivity index (χ1) is 12.5. The van der Waals surface area contributed by atoms with Crippen molar-refractivity contribution >= 4 is 28.1 Å². The van der Waals surface area contributed by atoms with Gasteiger partial charge in [-0.3, -0.25) is 9.21 Å². The second-order valence-electron chi connectivity index (χ2n) is 6.90. The van der Waals surface area contributed by atoms with Crippen LogP contribution < -0.4 is 9.62 Å². The van der Waals surface area contributed by atoms with Gasteiger partial charge in [-0.2, -0.15) is 4.98 Å². The number of likely N-dealkylation sites (N-methyl/N-ethyl adjacent to an activating group) is 1. The maximum Gasteiger partial charge on any atom is 0.258 e. The van der Waals surface area contributed by atoms with Gasteiger partial charge in [0.15, 0.2) is 5.82 Å². The number of hydrogen-bond acceptors (Lipinski definition) is 7. The van der Waals surface area contributed by atoms with Crippen molar-refractivity contribution < 1.29 is 12.9 Å². The summed E-state index contributed by atoms with van der Waals surface area (Å²) in [4.78, 5) is 6.79. The zero-order valence-electron chi connectivity index (χ0n) is 15.4. The number of piperazine rings is 1. The lowest BCUT2D eigenvalue weighted by atomic mass is 10.1. The molecule has 1 aromatic carbocycles. The molecule has 2 fully saturated rings. The fraction of sp³-hybridized carbons (Fsp3) is 0.529. The SMILES string of the molecule is Cc1cc(N2CCCS2(=O)=O)ccc1-c1nc(C2CNCCN2C)no1.Cl. The quantitative estimate of drug-likeness (QED) is 0.816. The molecule has 1 aromatic heterocycles. The summed E-state index contributed by atoms with van der Waals surface area (Å²) in [6.07, 6.45) is 0.666. The number of aryl methyl sites for hydroxylation is 1. The van der Waals surface area contributed by atoms with E-state index in [1.165, 1.54) is 4.31 Å². The number of nitrogens with one attached hydrogen (secondary N) is 1. The lowest BCUT2D eigenvalue weighted by Gasteiger charge is -2.30. The fourth-order valence-electron chi connectivity index (χ4n) is 3.55. The normalized spacial score (nSPS) is 22.6. The van der Waals surface area contributed by atoms with E-state index in [9.17, 15) is 8.42 Å². The van der Waals surface area contributed by atoms with Crippen LogP contribution in [0, 0.1) is 6.92 Å². The van der Waals surface area contributed by atoms with E-state index in [1.807, 2.05) is 25.1 Å². The molecule has 2 aromatic rings. The summed E-state index contributed by atoms with van der Waals surface area (Å²) in [5.41, 5.74) is 2.44. The average Bonchev–Trinajstić information content (AvgIpc) is 3.21. The molecule has 1 atom stereocenters. The molecular weight excluding hydrogens is 390 g/mol. The Balaban J connectivity index is 0.00000210. The Morgan fingerprint density at radius 3 is 2.78 bits per heavy atom. The standard InChI is InChI=1S/C17H23N5O3S.ClH/c1-12-10-13(22-7-3-9-26(22,23)24)4-5-14(12)17-19-16(20-25-17)15-11-18-6-8-21(15)2;/h4-5,10,15,18H,3,6-9,11H2,1-2H3;1H. The van der Waals surface area contributed by atoms with E-state index >= 15 is 0 Å². The molecule has 0 saturated carbocycles. The number of sulfonamides is 1. The molecule has 2 aliphatic rings. The fourth-order valence-corrected chi connectivity index (χ4v) is 5.10. The highest BCUT2D eigenvalue weighted by atomic mass is 35.5. The Hall–Kier alpha value is -1.68. The van der Waals surface area contributed by atoms with Gasteiger partial charge in [0.25, 0.3) is 5.89 Å². The lowest BCUT2D eigenvalue weighted by molar-refractivity contribution is 0.190. The average molecular weight is 414 g/mol. The Bertz CT molecular complexity index is 917. The van der Waals surface area contributed by atoms with Gasteiger partial charge in [0, 0.05) is 31.7 Å². The Morgan fingerprint density at radius 2 is 2.11 bits per heavy atom. The van der Waals surface area contributed by atoms with E-state index < -0.39 is 10.0 Å². The monoisotopic (exact) mass is 413 g/mol. The van der Waals surface area contributed by atoms with Gasteiger partial charge in [-0.15, -0.1) is 12.4 Å². The summed E-state index contributed by atoms with van der Waals surface area (Å²) < 4.78 is 31.2. The molecule has 0 spiro atoms. The van der Waals surface area contributed by atoms with E-state index in [2.05, 4.69) is 27.4 Å². The molecule has 1 N–H and O–H groups in total. The third kappa shape index (κ3) is 3.82. The molecular formula is C17H24ClN5O3S. The third-order valence-electron chi connectivity index (χ3n) is 5.08.